The average molecular weight is 433 g/mol. The van der Waals surface area contributed by atoms with Crippen molar-refractivity contribution in [3.8, 4) is 11.5 Å². The highest BCUT2D eigenvalue weighted by molar-refractivity contribution is 14.0. The number of nitrogens with zero attached hydrogens (tertiary/aromatic N) is 2. The van der Waals surface area contributed by atoms with E-state index >= 15 is 0 Å². The van der Waals surface area contributed by atoms with Crippen LogP contribution in [0.15, 0.2) is 29.3 Å². The highest BCUT2D eigenvalue weighted by Crippen LogP contribution is 2.18. The molecule has 1 saturated heterocycles. The number of rotatable bonds is 5. The molecule has 2 N–H and O–H groups in total. The number of aliphatic imine (C=N–C) groups is 1. The highest BCUT2D eigenvalue weighted by atomic mass is 127. The number of benzene rings is 1. The van der Waals surface area contributed by atoms with E-state index in [0.717, 1.165) is 24.6 Å². The minimum Gasteiger partial charge on any atom is -0.497 e. The summed E-state index contributed by atoms with van der Waals surface area (Å²) in [5.74, 6) is 2.28. The van der Waals surface area contributed by atoms with E-state index in [0.29, 0.717) is 12.5 Å². The molecule has 6 heteroatoms. The lowest BCUT2D eigenvalue weighted by atomic mass is 10.2. The number of ether oxygens (including phenoxy) is 2. The van der Waals surface area contributed by atoms with Gasteiger partial charge in [-0.2, -0.15) is 0 Å². The molecular formula is C17H28IN3O2. The smallest absolute Gasteiger partial charge is 0.191 e. The molecule has 1 aliphatic rings. The van der Waals surface area contributed by atoms with E-state index in [1.165, 1.54) is 25.7 Å². The first-order chi connectivity index (χ1) is 10.7. The fourth-order valence-electron chi connectivity index (χ4n) is 2.55. The molecule has 1 aliphatic heterocycles. The molecule has 1 fully saturated rings. The van der Waals surface area contributed by atoms with E-state index in [1.54, 1.807) is 7.11 Å². The van der Waals surface area contributed by atoms with Crippen LogP contribution in [0.2, 0.25) is 0 Å². The Kier molecular flexibility index (Phi) is 9.13. The first kappa shape index (κ1) is 19.9. The van der Waals surface area contributed by atoms with Crippen molar-refractivity contribution in [2.75, 3.05) is 26.7 Å². The zero-order chi connectivity index (χ0) is 15.8. The van der Waals surface area contributed by atoms with Crippen molar-refractivity contribution >= 4 is 29.9 Å². The van der Waals surface area contributed by atoms with Gasteiger partial charge in [0.25, 0.3) is 0 Å². The van der Waals surface area contributed by atoms with Gasteiger partial charge in [-0.1, -0.05) is 12.8 Å². The number of methoxy groups -OCH3 is 1. The van der Waals surface area contributed by atoms with Crippen molar-refractivity contribution in [1.82, 2.24) is 4.90 Å². The molecule has 1 aromatic carbocycles. The lowest BCUT2D eigenvalue weighted by molar-refractivity contribution is 0.229. The van der Waals surface area contributed by atoms with Crippen LogP contribution in [0, 0.1) is 0 Å². The quantitative estimate of drug-likeness (QED) is 0.440. The molecule has 0 spiro atoms. The van der Waals surface area contributed by atoms with E-state index in [1.807, 2.05) is 31.2 Å². The second-order valence-electron chi connectivity index (χ2n) is 5.70. The van der Waals surface area contributed by atoms with Crippen molar-refractivity contribution in [3.05, 3.63) is 24.3 Å². The summed E-state index contributed by atoms with van der Waals surface area (Å²) in [6, 6.07) is 7.57. The summed E-state index contributed by atoms with van der Waals surface area (Å²) >= 11 is 0. The maximum Gasteiger partial charge on any atom is 0.191 e. The molecule has 1 atom stereocenters. The van der Waals surface area contributed by atoms with Gasteiger partial charge in [0.05, 0.1) is 13.7 Å². The average Bonchev–Trinajstić information content (AvgIpc) is 2.82. The van der Waals surface area contributed by atoms with Gasteiger partial charge in [-0.3, -0.25) is 0 Å². The molecule has 0 aromatic heterocycles. The van der Waals surface area contributed by atoms with Gasteiger partial charge in [0.1, 0.15) is 17.6 Å². The first-order valence-electron chi connectivity index (χ1n) is 8.04. The Labute approximate surface area is 156 Å². The SMILES string of the molecule is COc1ccc(OC(C)CN=C(N)N2CCCCCC2)cc1.I. The molecule has 23 heavy (non-hydrogen) atoms. The Hall–Kier alpha value is -1.18. The summed E-state index contributed by atoms with van der Waals surface area (Å²) in [5, 5.41) is 0. The summed E-state index contributed by atoms with van der Waals surface area (Å²) in [6.45, 7) is 4.60. The number of hydrogen-bond acceptors (Lipinski definition) is 3. The summed E-state index contributed by atoms with van der Waals surface area (Å²) in [5.41, 5.74) is 6.10. The Bertz CT molecular complexity index is 471. The summed E-state index contributed by atoms with van der Waals surface area (Å²) in [6.07, 6.45) is 4.97. The molecule has 1 unspecified atom stereocenters. The van der Waals surface area contributed by atoms with Gasteiger partial charge in [-0.05, 0) is 44.0 Å². The van der Waals surface area contributed by atoms with Crippen LogP contribution in [-0.2, 0) is 0 Å². The Morgan fingerprint density at radius 2 is 1.70 bits per heavy atom. The van der Waals surface area contributed by atoms with Crippen LogP contribution in [0.5, 0.6) is 11.5 Å². The first-order valence-corrected chi connectivity index (χ1v) is 8.04. The fraction of sp³-hybridized carbons (Fsp3) is 0.588. The van der Waals surface area contributed by atoms with Crippen LogP contribution in [0.1, 0.15) is 32.6 Å². The third-order valence-corrected chi connectivity index (χ3v) is 3.84. The van der Waals surface area contributed by atoms with Gasteiger partial charge in [-0.25, -0.2) is 4.99 Å². The van der Waals surface area contributed by atoms with Crippen molar-refractivity contribution < 1.29 is 9.47 Å². The van der Waals surface area contributed by atoms with Gasteiger partial charge in [0.2, 0.25) is 0 Å². The number of nitrogens with two attached hydrogens (primary N) is 1. The van der Waals surface area contributed by atoms with Crippen LogP contribution < -0.4 is 15.2 Å². The molecule has 0 aliphatic carbocycles. The molecule has 0 bridgehead atoms. The lowest BCUT2D eigenvalue weighted by Crippen LogP contribution is -2.38. The van der Waals surface area contributed by atoms with Gasteiger partial charge >= 0.3 is 0 Å². The van der Waals surface area contributed by atoms with Crippen molar-refractivity contribution in [2.24, 2.45) is 10.7 Å². The zero-order valence-electron chi connectivity index (χ0n) is 14.0. The lowest BCUT2D eigenvalue weighted by Gasteiger charge is -2.21. The predicted molar refractivity (Wildman–Crippen MR) is 105 cm³/mol. The summed E-state index contributed by atoms with van der Waals surface area (Å²) in [4.78, 5) is 6.68. The topological polar surface area (TPSA) is 60.1 Å². The van der Waals surface area contributed by atoms with E-state index in [4.69, 9.17) is 15.2 Å². The maximum atomic E-state index is 6.10. The minimum absolute atomic E-state index is 0. The fourth-order valence-corrected chi connectivity index (χ4v) is 2.55. The van der Waals surface area contributed by atoms with Crippen LogP contribution in [0.25, 0.3) is 0 Å². The van der Waals surface area contributed by atoms with E-state index in [9.17, 15) is 0 Å². The van der Waals surface area contributed by atoms with Gasteiger partial charge in [0.15, 0.2) is 5.96 Å². The van der Waals surface area contributed by atoms with Crippen LogP contribution in [0.4, 0.5) is 0 Å². The predicted octanol–water partition coefficient (Wildman–Crippen LogP) is 3.27. The minimum atomic E-state index is -0.0149. The number of halogens is 1. The largest absolute Gasteiger partial charge is 0.497 e. The second-order valence-corrected chi connectivity index (χ2v) is 5.70. The molecule has 1 heterocycles. The monoisotopic (exact) mass is 433 g/mol. The standard InChI is InChI=1S/C17H27N3O2.HI/c1-14(22-16-9-7-15(21-2)8-10-16)13-19-17(18)20-11-5-3-4-6-12-20;/h7-10,14H,3-6,11-13H2,1-2H3,(H2,18,19);1H. The Balaban J connectivity index is 0.00000264. The Morgan fingerprint density at radius 1 is 1.13 bits per heavy atom. The van der Waals surface area contributed by atoms with Crippen LogP contribution >= 0.6 is 24.0 Å². The van der Waals surface area contributed by atoms with E-state index in [2.05, 4.69) is 9.89 Å². The molecule has 0 saturated carbocycles. The number of hydrogen-bond donors (Lipinski definition) is 1. The molecule has 5 nitrogen and oxygen atoms in total. The molecule has 130 valence electrons. The zero-order valence-corrected chi connectivity index (χ0v) is 16.4. The highest BCUT2D eigenvalue weighted by Gasteiger charge is 2.11. The normalized spacial score (nSPS) is 17.0. The van der Waals surface area contributed by atoms with E-state index in [-0.39, 0.29) is 30.1 Å². The van der Waals surface area contributed by atoms with Crippen molar-refractivity contribution in [1.29, 1.82) is 0 Å². The molecule has 2 rings (SSSR count). The van der Waals surface area contributed by atoms with Gasteiger partial charge < -0.3 is 20.1 Å². The summed E-state index contributed by atoms with van der Waals surface area (Å²) < 4.78 is 11.0. The number of likely N-dealkylation sites (tertiary alicyclic amines) is 1. The Morgan fingerprint density at radius 3 is 2.26 bits per heavy atom. The van der Waals surface area contributed by atoms with Gasteiger partial charge in [0, 0.05) is 13.1 Å². The van der Waals surface area contributed by atoms with Crippen molar-refractivity contribution in [2.45, 2.75) is 38.7 Å². The third kappa shape index (κ3) is 6.85. The molecule has 0 radical (unpaired) electrons. The van der Waals surface area contributed by atoms with E-state index < -0.39 is 0 Å². The maximum absolute atomic E-state index is 6.10. The molecule has 1 aromatic rings. The third-order valence-electron chi connectivity index (χ3n) is 3.84. The second kappa shape index (κ2) is 10.6. The molecule has 0 amide bonds. The van der Waals surface area contributed by atoms with Crippen molar-refractivity contribution in [3.63, 3.8) is 0 Å². The van der Waals surface area contributed by atoms with Gasteiger partial charge in [-0.15, -0.1) is 24.0 Å². The summed E-state index contributed by atoms with van der Waals surface area (Å²) in [7, 11) is 1.65. The molecular weight excluding hydrogens is 405 g/mol. The van der Waals surface area contributed by atoms with Crippen LogP contribution in [0.3, 0.4) is 0 Å². The number of guanidine groups is 1. The van der Waals surface area contributed by atoms with Crippen LogP contribution in [-0.4, -0.2) is 43.7 Å².